The van der Waals surface area contributed by atoms with Crippen molar-refractivity contribution in [2.24, 2.45) is 0 Å². The summed E-state index contributed by atoms with van der Waals surface area (Å²) in [6.07, 6.45) is 2.61. The molecule has 0 saturated heterocycles. The maximum absolute atomic E-state index is 6.32. The van der Waals surface area contributed by atoms with Crippen molar-refractivity contribution in [3.05, 3.63) is 28.8 Å². The SMILES string of the molecule is CC(C)NCc1c(Cl)cccc1N(C)C1CC1. The van der Waals surface area contributed by atoms with Gasteiger partial charge in [0.15, 0.2) is 0 Å². The molecule has 1 aliphatic carbocycles. The predicted molar refractivity (Wildman–Crippen MR) is 74.9 cm³/mol. The highest BCUT2D eigenvalue weighted by Crippen LogP contribution is 2.34. The van der Waals surface area contributed by atoms with Crippen molar-refractivity contribution in [2.75, 3.05) is 11.9 Å². The van der Waals surface area contributed by atoms with E-state index in [1.807, 2.05) is 12.1 Å². The van der Waals surface area contributed by atoms with Gasteiger partial charge < -0.3 is 10.2 Å². The molecule has 1 saturated carbocycles. The topological polar surface area (TPSA) is 15.3 Å². The molecule has 2 nitrogen and oxygen atoms in total. The van der Waals surface area contributed by atoms with E-state index in [1.165, 1.54) is 24.1 Å². The van der Waals surface area contributed by atoms with Crippen LogP contribution in [0.5, 0.6) is 0 Å². The largest absolute Gasteiger partial charge is 0.371 e. The summed E-state index contributed by atoms with van der Waals surface area (Å²) < 4.78 is 0. The molecule has 1 aliphatic rings. The Morgan fingerprint density at radius 3 is 2.71 bits per heavy atom. The minimum Gasteiger partial charge on any atom is -0.371 e. The van der Waals surface area contributed by atoms with E-state index < -0.39 is 0 Å². The van der Waals surface area contributed by atoms with Crippen molar-refractivity contribution in [1.29, 1.82) is 0 Å². The Bertz CT molecular complexity index is 386. The zero-order valence-corrected chi connectivity index (χ0v) is 11.6. The molecule has 0 atom stereocenters. The van der Waals surface area contributed by atoms with Crippen molar-refractivity contribution in [3.8, 4) is 0 Å². The summed E-state index contributed by atoms with van der Waals surface area (Å²) in [7, 11) is 2.17. The highest BCUT2D eigenvalue weighted by Gasteiger charge is 2.27. The van der Waals surface area contributed by atoms with E-state index in [0.717, 1.165) is 11.6 Å². The Morgan fingerprint density at radius 1 is 1.41 bits per heavy atom. The van der Waals surface area contributed by atoms with Crippen molar-refractivity contribution < 1.29 is 0 Å². The standard InChI is InChI=1S/C14H21ClN2/c1-10(2)16-9-12-13(15)5-4-6-14(12)17(3)11-7-8-11/h4-6,10-11,16H,7-9H2,1-3H3. The van der Waals surface area contributed by atoms with Crippen LogP contribution in [0.4, 0.5) is 5.69 Å². The fourth-order valence-electron chi connectivity index (χ4n) is 2.02. The number of rotatable bonds is 5. The molecule has 1 aromatic carbocycles. The minimum absolute atomic E-state index is 0.477. The monoisotopic (exact) mass is 252 g/mol. The van der Waals surface area contributed by atoms with Crippen LogP contribution in [0.1, 0.15) is 32.3 Å². The van der Waals surface area contributed by atoms with Gasteiger partial charge in [-0.05, 0) is 25.0 Å². The first-order valence-corrected chi connectivity index (χ1v) is 6.71. The normalized spacial score (nSPS) is 15.4. The van der Waals surface area contributed by atoms with Gasteiger partial charge in [-0.3, -0.25) is 0 Å². The van der Waals surface area contributed by atoms with Crippen LogP contribution in [0, 0.1) is 0 Å². The van der Waals surface area contributed by atoms with E-state index in [2.05, 4.69) is 37.2 Å². The first-order chi connectivity index (χ1) is 8.09. The molecule has 1 fully saturated rings. The molecule has 17 heavy (non-hydrogen) atoms. The lowest BCUT2D eigenvalue weighted by molar-refractivity contribution is 0.588. The summed E-state index contributed by atoms with van der Waals surface area (Å²) in [4.78, 5) is 2.36. The van der Waals surface area contributed by atoms with E-state index in [-0.39, 0.29) is 0 Å². The number of nitrogens with one attached hydrogen (secondary N) is 1. The van der Waals surface area contributed by atoms with Crippen molar-refractivity contribution in [2.45, 2.75) is 45.3 Å². The Labute approximate surface area is 109 Å². The smallest absolute Gasteiger partial charge is 0.0471 e. The number of hydrogen-bond donors (Lipinski definition) is 1. The van der Waals surface area contributed by atoms with E-state index in [0.29, 0.717) is 12.1 Å². The van der Waals surface area contributed by atoms with Crippen LogP contribution in [0.2, 0.25) is 5.02 Å². The van der Waals surface area contributed by atoms with E-state index in [1.54, 1.807) is 0 Å². The Hall–Kier alpha value is -0.730. The molecular formula is C14H21ClN2. The van der Waals surface area contributed by atoms with Crippen LogP contribution < -0.4 is 10.2 Å². The summed E-state index contributed by atoms with van der Waals surface area (Å²) in [5, 5.41) is 4.31. The van der Waals surface area contributed by atoms with Gasteiger partial charge in [0.05, 0.1) is 0 Å². The average molecular weight is 253 g/mol. The summed E-state index contributed by atoms with van der Waals surface area (Å²) in [5.74, 6) is 0. The van der Waals surface area contributed by atoms with Crippen LogP contribution in [0.25, 0.3) is 0 Å². The van der Waals surface area contributed by atoms with Crippen LogP contribution in [0.3, 0.4) is 0 Å². The first-order valence-electron chi connectivity index (χ1n) is 6.33. The second kappa shape index (κ2) is 5.28. The van der Waals surface area contributed by atoms with Gasteiger partial charge in [0.2, 0.25) is 0 Å². The summed E-state index contributed by atoms with van der Waals surface area (Å²) >= 11 is 6.32. The highest BCUT2D eigenvalue weighted by atomic mass is 35.5. The van der Waals surface area contributed by atoms with Crippen molar-refractivity contribution in [3.63, 3.8) is 0 Å². The van der Waals surface area contributed by atoms with Crippen LogP contribution in [0.15, 0.2) is 18.2 Å². The maximum atomic E-state index is 6.32. The van der Waals surface area contributed by atoms with Crippen molar-refractivity contribution in [1.82, 2.24) is 5.32 Å². The van der Waals surface area contributed by atoms with Crippen LogP contribution >= 0.6 is 11.6 Å². The predicted octanol–water partition coefficient (Wildman–Crippen LogP) is 3.44. The molecule has 0 heterocycles. The molecular weight excluding hydrogens is 232 g/mol. The van der Waals surface area contributed by atoms with Gasteiger partial charge in [0.25, 0.3) is 0 Å². The van der Waals surface area contributed by atoms with Gasteiger partial charge in [-0.1, -0.05) is 31.5 Å². The first kappa shape index (κ1) is 12.7. The zero-order valence-electron chi connectivity index (χ0n) is 10.8. The van der Waals surface area contributed by atoms with Crippen LogP contribution in [-0.2, 0) is 6.54 Å². The van der Waals surface area contributed by atoms with Gasteiger partial charge in [0, 0.05) is 41.9 Å². The maximum Gasteiger partial charge on any atom is 0.0471 e. The Balaban J connectivity index is 2.20. The zero-order chi connectivity index (χ0) is 12.4. The molecule has 0 amide bonds. The summed E-state index contributed by atoms with van der Waals surface area (Å²) in [6.45, 7) is 5.14. The summed E-state index contributed by atoms with van der Waals surface area (Å²) in [6, 6.07) is 7.37. The minimum atomic E-state index is 0.477. The molecule has 1 N–H and O–H groups in total. The van der Waals surface area contributed by atoms with Gasteiger partial charge in [-0.2, -0.15) is 0 Å². The fraction of sp³-hybridized carbons (Fsp3) is 0.571. The molecule has 1 aromatic rings. The third-order valence-corrected chi connectivity index (χ3v) is 3.61. The van der Waals surface area contributed by atoms with Gasteiger partial charge >= 0.3 is 0 Å². The second-order valence-corrected chi connectivity index (χ2v) is 5.52. The molecule has 0 unspecified atom stereocenters. The lowest BCUT2D eigenvalue weighted by Gasteiger charge is -2.23. The lowest BCUT2D eigenvalue weighted by atomic mass is 10.1. The molecule has 0 aromatic heterocycles. The average Bonchev–Trinajstić information content (AvgIpc) is 3.09. The number of benzene rings is 1. The lowest BCUT2D eigenvalue weighted by Crippen LogP contribution is -2.26. The van der Waals surface area contributed by atoms with E-state index in [9.17, 15) is 0 Å². The molecule has 2 rings (SSSR count). The Kier molecular flexibility index (Phi) is 3.95. The fourth-order valence-corrected chi connectivity index (χ4v) is 2.25. The third-order valence-electron chi connectivity index (χ3n) is 3.26. The number of halogens is 1. The Morgan fingerprint density at radius 2 is 2.12 bits per heavy atom. The van der Waals surface area contributed by atoms with Gasteiger partial charge in [0.1, 0.15) is 0 Å². The van der Waals surface area contributed by atoms with Gasteiger partial charge in [-0.25, -0.2) is 0 Å². The molecule has 0 aliphatic heterocycles. The number of nitrogens with zero attached hydrogens (tertiary/aromatic N) is 1. The van der Waals surface area contributed by atoms with Gasteiger partial charge in [-0.15, -0.1) is 0 Å². The summed E-state index contributed by atoms with van der Waals surface area (Å²) in [5.41, 5.74) is 2.49. The molecule has 0 spiro atoms. The second-order valence-electron chi connectivity index (χ2n) is 5.12. The van der Waals surface area contributed by atoms with E-state index in [4.69, 9.17) is 11.6 Å². The van der Waals surface area contributed by atoms with E-state index >= 15 is 0 Å². The highest BCUT2D eigenvalue weighted by molar-refractivity contribution is 6.31. The number of hydrogen-bond acceptors (Lipinski definition) is 2. The molecule has 3 heteroatoms. The molecule has 94 valence electrons. The quantitative estimate of drug-likeness (QED) is 0.864. The molecule has 0 bridgehead atoms. The number of anilines is 1. The van der Waals surface area contributed by atoms with Crippen molar-refractivity contribution >= 4 is 17.3 Å². The molecule has 0 radical (unpaired) electrons. The van der Waals surface area contributed by atoms with Crippen LogP contribution in [-0.4, -0.2) is 19.1 Å². The third kappa shape index (κ3) is 3.14.